The van der Waals surface area contributed by atoms with E-state index in [9.17, 15) is 18.3 Å². The molecular weight excluding hydrogens is 494 g/mol. The number of alkyl halides is 1. The zero-order valence-electron chi connectivity index (χ0n) is 17.5. The van der Waals surface area contributed by atoms with Gasteiger partial charge in [0.2, 0.25) is 5.91 Å². The Kier molecular flexibility index (Phi) is 8.06. The predicted molar refractivity (Wildman–Crippen MR) is 126 cm³/mol. The number of hydrogen-bond acceptors (Lipinski definition) is 5. The summed E-state index contributed by atoms with van der Waals surface area (Å²) in [6.45, 7) is 2.00. The molecule has 8 heteroatoms. The highest BCUT2D eigenvalue weighted by Gasteiger charge is 2.24. The summed E-state index contributed by atoms with van der Waals surface area (Å²) >= 11 is 3.21. The van der Waals surface area contributed by atoms with E-state index in [4.69, 9.17) is 4.18 Å². The fourth-order valence-corrected chi connectivity index (χ4v) is 4.54. The van der Waals surface area contributed by atoms with Gasteiger partial charge in [-0.15, -0.1) is 0 Å². The SMILES string of the molecule is C[C@H](c1ccccc1)N(C[C@H](O)c1ccc(OS(=O)(=O)c2ccccc2)cc1)C(=O)CBr. The first kappa shape index (κ1) is 24.0. The molecule has 168 valence electrons. The molecule has 3 aromatic rings. The molecule has 0 saturated carbocycles. The lowest BCUT2D eigenvalue weighted by Gasteiger charge is -2.31. The number of aliphatic hydroxyl groups is 1. The average molecular weight is 518 g/mol. The van der Waals surface area contributed by atoms with Gasteiger partial charge in [-0.25, -0.2) is 0 Å². The van der Waals surface area contributed by atoms with Crippen LogP contribution in [0.3, 0.4) is 0 Å². The number of rotatable bonds is 9. The van der Waals surface area contributed by atoms with Crippen LogP contribution in [0.15, 0.2) is 89.8 Å². The van der Waals surface area contributed by atoms with E-state index in [2.05, 4.69) is 15.9 Å². The minimum absolute atomic E-state index is 0.0583. The Morgan fingerprint density at radius 3 is 2.06 bits per heavy atom. The Morgan fingerprint density at radius 2 is 1.50 bits per heavy atom. The van der Waals surface area contributed by atoms with Gasteiger partial charge in [-0.3, -0.25) is 4.79 Å². The van der Waals surface area contributed by atoms with Crippen LogP contribution in [0.4, 0.5) is 0 Å². The van der Waals surface area contributed by atoms with Crippen molar-refractivity contribution < 1.29 is 22.5 Å². The van der Waals surface area contributed by atoms with Crippen molar-refractivity contribution in [3.05, 3.63) is 96.1 Å². The van der Waals surface area contributed by atoms with Crippen LogP contribution in [0.25, 0.3) is 0 Å². The highest BCUT2D eigenvalue weighted by Crippen LogP contribution is 2.26. The third kappa shape index (κ3) is 5.97. The summed E-state index contributed by atoms with van der Waals surface area (Å²) < 4.78 is 29.9. The van der Waals surface area contributed by atoms with Crippen molar-refractivity contribution in [3.63, 3.8) is 0 Å². The second-order valence-corrected chi connectivity index (χ2v) is 9.31. The van der Waals surface area contributed by atoms with E-state index in [1.807, 2.05) is 37.3 Å². The maximum absolute atomic E-state index is 12.5. The first-order chi connectivity index (χ1) is 15.3. The molecule has 0 unspecified atom stereocenters. The van der Waals surface area contributed by atoms with Gasteiger partial charge in [-0.05, 0) is 42.3 Å². The van der Waals surface area contributed by atoms with Crippen LogP contribution < -0.4 is 4.18 Å². The minimum atomic E-state index is -3.94. The van der Waals surface area contributed by atoms with Crippen molar-refractivity contribution in [1.29, 1.82) is 0 Å². The third-order valence-electron chi connectivity index (χ3n) is 5.06. The zero-order valence-corrected chi connectivity index (χ0v) is 19.9. The van der Waals surface area contributed by atoms with E-state index < -0.39 is 16.2 Å². The largest absolute Gasteiger partial charge is 0.387 e. The van der Waals surface area contributed by atoms with Crippen molar-refractivity contribution in [2.45, 2.75) is 24.0 Å². The fourth-order valence-electron chi connectivity index (χ4n) is 3.26. The van der Waals surface area contributed by atoms with Gasteiger partial charge in [0.25, 0.3) is 0 Å². The molecule has 1 N–H and O–H groups in total. The summed E-state index contributed by atoms with van der Waals surface area (Å²) in [5, 5.41) is 10.9. The maximum Gasteiger partial charge on any atom is 0.339 e. The molecule has 0 aliphatic rings. The molecule has 0 aliphatic carbocycles. The van der Waals surface area contributed by atoms with E-state index in [-0.39, 0.29) is 34.5 Å². The van der Waals surface area contributed by atoms with Gasteiger partial charge in [-0.2, -0.15) is 8.42 Å². The Hall–Kier alpha value is -2.68. The molecule has 0 aliphatic heterocycles. The molecule has 3 rings (SSSR count). The van der Waals surface area contributed by atoms with Crippen molar-refractivity contribution >= 4 is 32.0 Å². The van der Waals surface area contributed by atoms with Crippen molar-refractivity contribution in [2.24, 2.45) is 0 Å². The molecule has 0 heterocycles. The third-order valence-corrected chi connectivity index (χ3v) is 6.80. The van der Waals surface area contributed by atoms with Crippen LogP contribution in [0.2, 0.25) is 0 Å². The van der Waals surface area contributed by atoms with Crippen LogP contribution in [0.1, 0.15) is 30.2 Å². The molecule has 0 fully saturated rings. The van der Waals surface area contributed by atoms with E-state index in [0.717, 1.165) is 5.56 Å². The molecule has 3 aromatic carbocycles. The second-order valence-electron chi connectivity index (χ2n) is 7.20. The molecular formula is C24H24BrNO5S. The average Bonchev–Trinajstić information content (AvgIpc) is 2.83. The first-order valence-electron chi connectivity index (χ1n) is 10.00. The number of carbonyl (C=O) groups excluding carboxylic acids is 1. The molecule has 32 heavy (non-hydrogen) atoms. The summed E-state index contributed by atoms with van der Waals surface area (Å²) in [5.41, 5.74) is 1.51. The number of carbonyl (C=O) groups is 1. The predicted octanol–water partition coefficient (Wildman–Crippen LogP) is 4.47. The number of hydrogen-bond donors (Lipinski definition) is 1. The monoisotopic (exact) mass is 517 g/mol. The van der Waals surface area contributed by atoms with Crippen LogP contribution >= 0.6 is 15.9 Å². The number of nitrogens with zero attached hydrogens (tertiary/aromatic N) is 1. The molecule has 0 aromatic heterocycles. The Bertz CT molecular complexity index is 1120. The summed E-state index contributed by atoms with van der Waals surface area (Å²) in [6, 6.07) is 23.4. The smallest absolute Gasteiger partial charge is 0.339 e. The van der Waals surface area contributed by atoms with E-state index in [0.29, 0.717) is 5.56 Å². The standard InChI is InChI=1S/C24H24BrNO5S/c1-18(19-8-4-2-5-9-19)26(24(28)16-25)17-23(27)20-12-14-21(15-13-20)31-32(29,30)22-10-6-3-7-11-22/h2-15,18,23,27H,16-17H2,1H3/t18-,23+/m1/s1. The van der Waals surface area contributed by atoms with Gasteiger partial charge >= 0.3 is 10.1 Å². The van der Waals surface area contributed by atoms with Gasteiger partial charge in [-0.1, -0.05) is 76.6 Å². The van der Waals surface area contributed by atoms with Gasteiger partial charge in [0.15, 0.2) is 0 Å². The number of benzene rings is 3. The highest BCUT2D eigenvalue weighted by atomic mass is 79.9. The Labute approximate surface area is 196 Å². The molecule has 6 nitrogen and oxygen atoms in total. The van der Waals surface area contributed by atoms with Crippen LogP contribution in [-0.2, 0) is 14.9 Å². The minimum Gasteiger partial charge on any atom is -0.387 e. The van der Waals surface area contributed by atoms with Gasteiger partial charge in [0, 0.05) is 0 Å². The normalized spacial score (nSPS) is 13.2. The lowest BCUT2D eigenvalue weighted by atomic mass is 10.0. The van der Waals surface area contributed by atoms with Crippen LogP contribution in [0, 0.1) is 0 Å². The van der Waals surface area contributed by atoms with Gasteiger partial charge in [0.1, 0.15) is 10.6 Å². The fraction of sp³-hybridized carbons (Fsp3) is 0.208. The molecule has 0 spiro atoms. The molecule has 0 radical (unpaired) electrons. The first-order valence-corrected chi connectivity index (χ1v) is 12.5. The van der Waals surface area contributed by atoms with Crippen LogP contribution in [0.5, 0.6) is 5.75 Å². The number of aliphatic hydroxyl groups excluding tert-OH is 1. The lowest BCUT2D eigenvalue weighted by Crippen LogP contribution is -2.37. The topological polar surface area (TPSA) is 83.9 Å². The summed E-state index contributed by atoms with van der Waals surface area (Å²) in [6.07, 6.45) is -0.955. The van der Waals surface area contributed by atoms with Crippen molar-refractivity contribution in [1.82, 2.24) is 4.90 Å². The number of halogens is 1. The van der Waals surface area contributed by atoms with Crippen LogP contribution in [-0.4, -0.2) is 36.2 Å². The summed E-state index contributed by atoms with van der Waals surface area (Å²) in [7, 11) is -3.94. The number of amides is 1. The quantitative estimate of drug-likeness (QED) is 0.334. The van der Waals surface area contributed by atoms with E-state index in [1.165, 1.54) is 24.3 Å². The van der Waals surface area contributed by atoms with Gasteiger partial charge in [0.05, 0.1) is 24.0 Å². The lowest BCUT2D eigenvalue weighted by molar-refractivity contribution is -0.132. The highest BCUT2D eigenvalue weighted by molar-refractivity contribution is 9.09. The molecule has 0 saturated heterocycles. The van der Waals surface area contributed by atoms with E-state index in [1.54, 1.807) is 35.2 Å². The second kappa shape index (κ2) is 10.8. The van der Waals surface area contributed by atoms with E-state index >= 15 is 0 Å². The molecule has 2 atom stereocenters. The molecule has 0 bridgehead atoms. The van der Waals surface area contributed by atoms with Gasteiger partial charge < -0.3 is 14.2 Å². The Morgan fingerprint density at radius 1 is 0.938 bits per heavy atom. The summed E-state index contributed by atoms with van der Waals surface area (Å²) in [5.74, 6) is -0.00911. The molecule has 1 amide bonds. The summed E-state index contributed by atoms with van der Waals surface area (Å²) in [4.78, 5) is 14.2. The van der Waals surface area contributed by atoms with Crippen molar-refractivity contribution in [3.8, 4) is 5.75 Å². The maximum atomic E-state index is 12.5. The van der Waals surface area contributed by atoms with Crippen molar-refractivity contribution in [2.75, 3.05) is 11.9 Å². The Balaban J connectivity index is 1.72. The zero-order chi connectivity index (χ0) is 23.1.